The second-order valence-electron chi connectivity index (χ2n) is 5.60. The summed E-state index contributed by atoms with van der Waals surface area (Å²) < 4.78 is 7.54. The Kier molecular flexibility index (Phi) is 4.63. The van der Waals surface area contributed by atoms with Crippen molar-refractivity contribution in [3.63, 3.8) is 0 Å². The Morgan fingerprint density at radius 1 is 1.16 bits per heavy atom. The van der Waals surface area contributed by atoms with Gasteiger partial charge in [-0.3, -0.25) is 4.79 Å². The molecule has 3 rings (SSSR count). The van der Waals surface area contributed by atoms with Crippen LogP contribution in [0.4, 0.5) is 0 Å². The van der Waals surface area contributed by atoms with E-state index in [1.165, 1.54) is 11.4 Å². The van der Waals surface area contributed by atoms with Gasteiger partial charge in [0, 0.05) is 21.4 Å². The van der Waals surface area contributed by atoms with Gasteiger partial charge >= 0.3 is 5.97 Å². The lowest BCUT2D eigenvalue weighted by molar-refractivity contribution is 0.0307. The number of hydrogen-bond donors (Lipinski definition) is 0. The van der Waals surface area contributed by atoms with Gasteiger partial charge in [0.25, 0.3) is 11.6 Å². The van der Waals surface area contributed by atoms with E-state index in [9.17, 15) is 9.59 Å². The lowest BCUT2D eigenvalue weighted by Crippen LogP contribution is -2.25. The number of benzene rings is 1. The normalized spacial score (nSPS) is 12.2. The van der Waals surface area contributed by atoms with Crippen LogP contribution in [0.3, 0.4) is 0 Å². The molecule has 7 nitrogen and oxygen atoms in total. The predicted molar refractivity (Wildman–Crippen MR) is 93.6 cm³/mol. The molecule has 2 aromatic heterocycles. The molecule has 0 saturated carbocycles. The van der Waals surface area contributed by atoms with E-state index in [4.69, 9.17) is 4.74 Å². The monoisotopic (exact) mass is 402 g/mol. The molecule has 25 heavy (non-hydrogen) atoms. The van der Waals surface area contributed by atoms with E-state index in [1.54, 1.807) is 24.3 Å². The summed E-state index contributed by atoms with van der Waals surface area (Å²) >= 11 is 3.31. The van der Waals surface area contributed by atoms with Crippen LogP contribution in [0, 0.1) is 13.8 Å². The van der Waals surface area contributed by atoms with Crippen molar-refractivity contribution in [3.05, 3.63) is 57.6 Å². The van der Waals surface area contributed by atoms with Crippen LogP contribution in [0.5, 0.6) is 0 Å². The van der Waals surface area contributed by atoms with E-state index in [0.29, 0.717) is 11.3 Å². The van der Waals surface area contributed by atoms with Crippen LogP contribution in [0.2, 0.25) is 0 Å². The Bertz CT molecular complexity index is 966. The lowest BCUT2D eigenvalue weighted by atomic mass is 10.1. The molecule has 0 saturated heterocycles. The Labute approximate surface area is 152 Å². The second kappa shape index (κ2) is 6.72. The first-order chi connectivity index (χ1) is 11.8. The van der Waals surface area contributed by atoms with Crippen molar-refractivity contribution in [1.82, 2.24) is 19.6 Å². The van der Waals surface area contributed by atoms with Crippen molar-refractivity contribution in [2.75, 3.05) is 0 Å². The van der Waals surface area contributed by atoms with Crippen molar-refractivity contribution in [2.24, 2.45) is 0 Å². The van der Waals surface area contributed by atoms with E-state index >= 15 is 0 Å². The number of esters is 1. The van der Waals surface area contributed by atoms with Crippen LogP contribution in [0.25, 0.3) is 5.78 Å². The molecule has 0 amide bonds. The van der Waals surface area contributed by atoms with Gasteiger partial charge in [-0.25, -0.2) is 14.3 Å². The molecule has 0 radical (unpaired) electrons. The van der Waals surface area contributed by atoms with E-state index < -0.39 is 12.1 Å². The Morgan fingerprint density at radius 2 is 1.84 bits per heavy atom. The van der Waals surface area contributed by atoms with Crippen molar-refractivity contribution >= 4 is 33.5 Å². The topological polar surface area (TPSA) is 86.5 Å². The summed E-state index contributed by atoms with van der Waals surface area (Å²) in [5.41, 5.74) is 2.03. The van der Waals surface area contributed by atoms with Crippen LogP contribution in [-0.4, -0.2) is 37.4 Å². The van der Waals surface area contributed by atoms with E-state index in [0.717, 1.165) is 15.9 Å². The fourth-order valence-corrected chi connectivity index (χ4v) is 2.63. The SMILES string of the molecule is Cc1cc(C)n2nc(C(=O)O[C@H](C)C(=O)c3ccc(Br)cc3)nc2n1. The molecule has 1 aromatic carbocycles. The first-order valence-corrected chi connectivity index (χ1v) is 8.36. The summed E-state index contributed by atoms with van der Waals surface area (Å²) in [7, 11) is 0. The van der Waals surface area contributed by atoms with Crippen LogP contribution in [0.1, 0.15) is 39.3 Å². The largest absolute Gasteiger partial charge is 0.448 e. The second-order valence-corrected chi connectivity index (χ2v) is 6.52. The summed E-state index contributed by atoms with van der Waals surface area (Å²) in [6.45, 7) is 5.19. The highest BCUT2D eigenvalue weighted by Gasteiger charge is 2.23. The number of rotatable bonds is 4. The van der Waals surface area contributed by atoms with Gasteiger partial charge in [-0.15, -0.1) is 5.10 Å². The van der Waals surface area contributed by atoms with E-state index in [2.05, 4.69) is 31.0 Å². The molecular formula is C17H15BrN4O3. The number of carbonyl (C=O) groups excluding carboxylic acids is 2. The average molecular weight is 403 g/mol. The number of aryl methyl sites for hydroxylation is 2. The number of hydrogen-bond acceptors (Lipinski definition) is 6. The molecule has 1 atom stereocenters. The highest BCUT2D eigenvalue weighted by molar-refractivity contribution is 9.10. The van der Waals surface area contributed by atoms with Crippen LogP contribution in [-0.2, 0) is 4.74 Å². The fourth-order valence-electron chi connectivity index (χ4n) is 2.37. The molecular weight excluding hydrogens is 388 g/mol. The number of fused-ring (bicyclic) bond motifs is 1. The quantitative estimate of drug-likeness (QED) is 0.492. The molecule has 0 unspecified atom stereocenters. The molecule has 3 aromatic rings. The first-order valence-electron chi connectivity index (χ1n) is 7.57. The van der Waals surface area contributed by atoms with Gasteiger partial charge in [0.15, 0.2) is 6.10 Å². The number of halogens is 1. The molecule has 0 spiro atoms. The zero-order valence-corrected chi connectivity index (χ0v) is 15.4. The highest BCUT2D eigenvalue weighted by atomic mass is 79.9. The van der Waals surface area contributed by atoms with Crippen molar-refractivity contribution in [3.8, 4) is 0 Å². The molecule has 2 heterocycles. The van der Waals surface area contributed by atoms with E-state index in [1.807, 2.05) is 19.9 Å². The third-order valence-electron chi connectivity index (χ3n) is 3.58. The third-order valence-corrected chi connectivity index (χ3v) is 4.11. The van der Waals surface area contributed by atoms with Gasteiger partial charge in [0.1, 0.15) is 0 Å². The molecule has 0 aliphatic heterocycles. The van der Waals surface area contributed by atoms with Gasteiger partial charge in [-0.1, -0.05) is 28.1 Å². The Morgan fingerprint density at radius 3 is 2.52 bits per heavy atom. The number of Topliss-reactive ketones (excluding diaryl/α,β-unsaturated/α-hetero) is 1. The summed E-state index contributed by atoms with van der Waals surface area (Å²) in [5.74, 6) is -0.872. The number of nitrogens with zero attached hydrogens (tertiary/aromatic N) is 4. The third kappa shape index (κ3) is 3.58. The maximum atomic E-state index is 12.3. The summed E-state index contributed by atoms with van der Waals surface area (Å²) in [5, 5.41) is 4.10. The van der Waals surface area contributed by atoms with Crippen LogP contribution < -0.4 is 0 Å². The minimum Gasteiger partial charge on any atom is -0.448 e. The van der Waals surface area contributed by atoms with Crippen molar-refractivity contribution < 1.29 is 14.3 Å². The summed E-state index contributed by atoms with van der Waals surface area (Å²) in [6, 6.07) is 8.66. The molecule has 8 heteroatoms. The Balaban J connectivity index is 1.78. The van der Waals surface area contributed by atoms with Gasteiger partial charge in [-0.2, -0.15) is 4.98 Å². The minimum absolute atomic E-state index is 0.128. The van der Waals surface area contributed by atoms with Gasteiger partial charge in [-0.05, 0) is 39.0 Å². The molecule has 0 aliphatic rings. The maximum Gasteiger partial charge on any atom is 0.379 e. The predicted octanol–water partition coefficient (Wildman–Crippen LogP) is 2.93. The van der Waals surface area contributed by atoms with Crippen molar-refractivity contribution in [1.29, 1.82) is 0 Å². The maximum absolute atomic E-state index is 12.3. The summed E-state index contributed by atoms with van der Waals surface area (Å²) in [4.78, 5) is 32.9. The van der Waals surface area contributed by atoms with Crippen LogP contribution in [0.15, 0.2) is 34.8 Å². The molecule has 0 N–H and O–H groups in total. The lowest BCUT2D eigenvalue weighted by Gasteiger charge is -2.10. The first kappa shape index (κ1) is 17.2. The van der Waals surface area contributed by atoms with Crippen LogP contribution >= 0.6 is 15.9 Å². The van der Waals surface area contributed by atoms with Gasteiger partial charge in [0.05, 0.1) is 0 Å². The fraction of sp³-hybridized carbons (Fsp3) is 0.235. The molecule has 0 aliphatic carbocycles. The van der Waals surface area contributed by atoms with Gasteiger partial charge in [0.2, 0.25) is 5.78 Å². The smallest absolute Gasteiger partial charge is 0.379 e. The molecule has 0 bridgehead atoms. The zero-order valence-electron chi connectivity index (χ0n) is 13.9. The molecule has 128 valence electrons. The number of carbonyl (C=O) groups is 2. The molecule has 0 fully saturated rings. The number of aromatic nitrogens is 4. The van der Waals surface area contributed by atoms with Gasteiger partial charge < -0.3 is 4.74 Å². The Hall–Kier alpha value is -2.61. The number of ether oxygens (including phenoxy) is 1. The highest BCUT2D eigenvalue weighted by Crippen LogP contribution is 2.14. The standard InChI is InChI=1S/C17H15BrN4O3/c1-9-8-10(2)22-17(19-9)20-15(21-22)16(24)25-11(3)14(23)12-4-6-13(18)7-5-12/h4-8,11H,1-3H3/t11-/m1/s1. The van der Waals surface area contributed by atoms with Crippen molar-refractivity contribution in [2.45, 2.75) is 26.9 Å². The number of ketones is 1. The average Bonchev–Trinajstić information content (AvgIpc) is 2.99. The minimum atomic E-state index is -0.948. The van der Waals surface area contributed by atoms with E-state index in [-0.39, 0.29) is 11.6 Å². The zero-order chi connectivity index (χ0) is 18.1. The summed E-state index contributed by atoms with van der Waals surface area (Å²) in [6.07, 6.45) is -0.948.